The normalized spacial score (nSPS) is 12.2. The maximum atomic E-state index is 12.3. The molecule has 5 heteroatoms. The molecule has 0 aliphatic carbocycles. The van der Waals surface area contributed by atoms with Crippen molar-refractivity contribution in [3.8, 4) is 0 Å². The SMILES string of the molecule is CCN(CC)C(=O)C(C)Nc1nc2ccccc2nc1C. The van der Waals surface area contributed by atoms with Gasteiger partial charge in [-0.1, -0.05) is 12.1 Å². The number of rotatable bonds is 5. The summed E-state index contributed by atoms with van der Waals surface area (Å²) in [6, 6.07) is 7.41. The lowest BCUT2D eigenvalue weighted by Gasteiger charge is -2.24. The fourth-order valence-corrected chi connectivity index (χ4v) is 2.30. The van der Waals surface area contributed by atoms with Crippen molar-refractivity contribution in [2.75, 3.05) is 18.4 Å². The second-order valence-corrected chi connectivity index (χ2v) is 5.02. The fraction of sp³-hybridized carbons (Fsp3) is 0.438. The second kappa shape index (κ2) is 6.52. The van der Waals surface area contributed by atoms with E-state index in [1.54, 1.807) is 0 Å². The molecular weight excluding hydrogens is 264 g/mol. The number of hydrogen-bond acceptors (Lipinski definition) is 4. The van der Waals surface area contributed by atoms with Gasteiger partial charge in [0.2, 0.25) is 5.91 Å². The number of nitrogens with zero attached hydrogens (tertiary/aromatic N) is 3. The van der Waals surface area contributed by atoms with Gasteiger partial charge in [-0.15, -0.1) is 0 Å². The lowest BCUT2D eigenvalue weighted by Crippen LogP contribution is -2.41. The smallest absolute Gasteiger partial charge is 0.244 e. The molecule has 112 valence electrons. The van der Waals surface area contributed by atoms with Gasteiger partial charge in [0.25, 0.3) is 0 Å². The summed E-state index contributed by atoms with van der Waals surface area (Å²) in [6.45, 7) is 9.14. The molecule has 1 unspecified atom stereocenters. The third-order valence-electron chi connectivity index (χ3n) is 3.54. The Morgan fingerprint density at radius 3 is 2.33 bits per heavy atom. The van der Waals surface area contributed by atoms with Crippen molar-refractivity contribution >= 4 is 22.8 Å². The molecule has 0 saturated carbocycles. The Morgan fingerprint density at radius 1 is 1.19 bits per heavy atom. The summed E-state index contributed by atoms with van der Waals surface area (Å²) in [5.41, 5.74) is 2.49. The molecular formula is C16H22N4O. The zero-order valence-corrected chi connectivity index (χ0v) is 13.1. The van der Waals surface area contributed by atoms with E-state index in [2.05, 4.69) is 15.3 Å². The quantitative estimate of drug-likeness (QED) is 0.918. The van der Waals surface area contributed by atoms with Crippen LogP contribution in [0.15, 0.2) is 24.3 Å². The van der Waals surface area contributed by atoms with Crippen molar-refractivity contribution in [3.05, 3.63) is 30.0 Å². The van der Waals surface area contributed by atoms with Crippen LogP contribution in [-0.2, 0) is 4.79 Å². The summed E-state index contributed by atoms with van der Waals surface area (Å²) in [4.78, 5) is 23.2. The molecule has 0 radical (unpaired) electrons. The zero-order chi connectivity index (χ0) is 15.4. The summed E-state index contributed by atoms with van der Waals surface area (Å²) >= 11 is 0. The van der Waals surface area contributed by atoms with E-state index in [0.29, 0.717) is 18.9 Å². The van der Waals surface area contributed by atoms with Crippen LogP contribution in [-0.4, -0.2) is 39.9 Å². The molecule has 1 aromatic heterocycles. The first kappa shape index (κ1) is 15.2. The van der Waals surface area contributed by atoms with Crippen LogP contribution in [0.25, 0.3) is 11.0 Å². The van der Waals surface area contributed by atoms with E-state index in [0.717, 1.165) is 16.7 Å². The highest BCUT2D eigenvalue weighted by atomic mass is 16.2. The number of carbonyl (C=O) groups is 1. The van der Waals surface area contributed by atoms with E-state index in [1.807, 2.05) is 56.9 Å². The van der Waals surface area contributed by atoms with Crippen LogP contribution in [0, 0.1) is 6.92 Å². The summed E-state index contributed by atoms with van der Waals surface area (Å²) in [5, 5.41) is 3.19. The van der Waals surface area contributed by atoms with Gasteiger partial charge in [-0.05, 0) is 39.8 Å². The Hall–Kier alpha value is -2.17. The lowest BCUT2D eigenvalue weighted by atomic mass is 10.2. The van der Waals surface area contributed by atoms with Crippen molar-refractivity contribution in [2.45, 2.75) is 33.7 Å². The van der Waals surface area contributed by atoms with E-state index in [4.69, 9.17) is 0 Å². The average Bonchev–Trinajstić information content (AvgIpc) is 2.49. The van der Waals surface area contributed by atoms with Gasteiger partial charge in [-0.2, -0.15) is 0 Å². The summed E-state index contributed by atoms with van der Waals surface area (Å²) < 4.78 is 0. The van der Waals surface area contributed by atoms with Crippen LogP contribution < -0.4 is 5.32 Å². The zero-order valence-electron chi connectivity index (χ0n) is 13.1. The summed E-state index contributed by atoms with van der Waals surface area (Å²) in [6.07, 6.45) is 0. The molecule has 0 spiro atoms. The second-order valence-electron chi connectivity index (χ2n) is 5.02. The monoisotopic (exact) mass is 286 g/mol. The maximum absolute atomic E-state index is 12.3. The van der Waals surface area contributed by atoms with Gasteiger partial charge in [0.05, 0.1) is 16.7 Å². The van der Waals surface area contributed by atoms with Crippen LogP contribution in [0.5, 0.6) is 0 Å². The van der Waals surface area contributed by atoms with E-state index >= 15 is 0 Å². The Kier molecular flexibility index (Phi) is 4.73. The minimum atomic E-state index is -0.320. The molecule has 1 heterocycles. The lowest BCUT2D eigenvalue weighted by molar-refractivity contribution is -0.131. The Balaban J connectivity index is 2.22. The van der Waals surface area contributed by atoms with Gasteiger partial charge in [0, 0.05) is 13.1 Å². The van der Waals surface area contributed by atoms with E-state index in [1.165, 1.54) is 0 Å². The molecule has 0 fully saturated rings. The number of anilines is 1. The van der Waals surface area contributed by atoms with Crippen molar-refractivity contribution < 1.29 is 4.79 Å². The standard InChI is InChI=1S/C16H22N4O/c1-5-20(6-2)16(21)12(4)18-15-11(3)17-13-9-7-8-10-14(13)19-15/h7-10,12H,5-6H2,1-4H3,(H,18,19). The van der Waals surface area contributed by atoms with E-state index < -0.39 is 0 Å². The minimum absolute atomic E-state index is 0.0781. The average molecular weight is 286 g/mol. The molecule has 0 saturated heterocycles. The van der Waals surface area contributed by atoms with Crippen LogP contribution in [0.1, 0.15) is 26.5 Å². The predicted octanol–water partition coefficient (Wildman–Crippen LogP) is 2.61. The molecule has 1 aromatic carbocycles. The number of aryl methyl sites for hydroxylation is 1. The molecule has 2 aromatic rings. The largest absolute Gasteiger partial charge is 0.357 e. The topological polar surface area (TPSA) is 58.1 Å². The number of nitrogens with one attached hydrogen (secondary N) is 1. The number of benzene rings is 1. The van der Waals surface area contributed by atoms with Gasteiger partial charge in [-0.25, -0.2) is 9.97 Å². The van der Waals surface area contributed by atoms with Crippen LogP contribution in [0.3, 0.4) is 0 Å². The highest BCUT2D eigenvalue weighted by Gasteiger charge is 2.19. The van der Waals surface area contributed by atoms with Crippen molar-refractivity contribution in [3.63, 3.8) is 0 Å². The number of aromatic nitrogens is 2. The van der Waals surface area contributed by atoms with Gasteiger partial charge in [0.1, 0.15) is 11.9 Å². The minimum Gasteiger partial charge on any atom is -0.357 e. The number of amides is 1. The fourth-order valence-electron chi connectivity index (χ4n) is 2.30. The molecule has 5 nitrogen and oxygen atoms in total. The van der Waals surface area contributed by atoms with E-state index in [9.17, 15) is 4.79 Å². The Bertz CT molecular complexity index is 637. The summed E-state index contributed by atoms with van der Waals surface area (Å²) in [5.74, 6) is 0.746. The predicted molar refractivity (Wildman–Crippen MR) is 85.3 cm³/mol. The van der Waals surface area contributed by atoms with Crippen LogP contribution in [0.2, 0.25) is 0 Å². The molecule has 1 amide bonds. The molecule has 0 aliphatic heterocycles. The third-order valence-corrected chi connectivity index (χ3v) is 3.54. The van der Waals surface area contributed by atoms with Crippen molar-refractivity contribution in [1.82, 2.24) is 14.9 Å². The highest BCUT2D eigenvalue weighted by Crippen LogP contribution is 2.17. The van der Waals surface area contributed by atoms with Gasteiger partial charge >= 0.3 is 0 Å². The molecule has 1 N–H and O–H groups in total. The number of para-hydroxylation sites is 2. The number of fused-ring (bicyclic) bond motifs is 1. The number of carbonyl (C=O) groups excluding carboxylic acids is 1. The first-order chi connectivity index (χ1) is 10.1. The first-order valence-corrected chi connectivity index (χ1v) is 7.35. The van der Waals surface area contributed by atoms with E-state index in [-0.39, 0.29) is 11.9 Å². The Labute approximate surface area is 125 Å². The van der Waals surface area contributed by atoms with Gasteiger partial charge in [0.15, 0.2) is 0 Å². The summed E-state index contributed by atoms with van der Waals surface area (Å²) in [7, 11) is 0. The molecule has 2 rings (SSSR count). The molecule has 1 atom stereocenters. The molecule has 0 bridgehead atoms. The van der Waals surface area contributed by atoms with Crippen LogP contribution in [0.4, 0.5) is 5.82 Å². The maximum Gasteiger partial charge on any atom is 0.244 e. The number of likely N-dealkylation sites (N-methyl/N-ethyl adjacent to an activating group) is 1. The molecule has 0 aliphatic rings. The number of hydrogen-bond donors (Lipinski definition) is 1. The van der Waals surface area contributed by atoms with Gasteiger partial charge in [-0.3, -0.25) is 4.79 Å². The van der Waals surface area contributed by atoms with Crippen LogP contribution >= 0.6 is 0 Å². The van der Waals surface area contributed by atoms with Gasteiger partial charge < -0.3 is 10.2 Å². The van der Waals surface area contributed by atoms with Crippen molar-refractivity contribution in [2.24, 2.45) is 0 Å². The third kappa shape index (κ3) is 3.29. The first-order valence-electron chi connectivity index (χ1n) is 7.35. The molecule has 21 heavy (non-hydrogen) atoms. The van der Waals surface area contributed by atoms with Crippen molar-refractivity contribution in [1.29, 1.82) is 0 Å². The highest BCUT2D eigenvalue weighted by molar-refractivity contribution is 5.84. The Morgan fingerprint density at radius 2 is 1.76 bits per heavy atom.